The van der Waals surface area contributed by atoms with Gasteiger partial charge in [-0.2, -0.15) is 0 Å². The molecule has 5 heterocycles. The third-order valence-electron chi connectivity index (χ3n) is 19.7. The lowest BCUT2D eigenvalue weighted by atomic mass is 9.85. The molecule has 562 valence electrons. The minimum atomic E-state index is -1.40. The Morgan fingerprint density at radius 2 is 1.11 bits per heavy atom. The quantitative estimate of drug-likeness (QED) is 0.0542. The summed E-state index contributed by atoms with van der Waals surface area (Å²) in [4.78, 5) is 148. The number of Topliss-reactive ketones (excluding diaryl/α,β-unsaturated/α-hetero) is 1. The number of nitrogens with one attached hydrogen (secondary N) is 7. The molecule has 27 nitrogen and oxygen atoms in total. The first-order chi connectivity index (χ1) is 50.0. The SMILES string of the molecule is CN[C@@H](C)C(=O)N[C@H](C(=O)N1CC[C@H]2OCc3cn(nn3)CC[C@@H](C(=O)OC)NC(=O)[C@H](Cc3ccc4ccccc4c3)NC(=O)[C@@H]3[C@@H](CCN3C(=O)[C@@H](NC(=O)[C@H](C)NC)C(C)(C)C)OCC=CCOc3ccc(cc3)C[C@@H](C(=O)O)CC(=O)[C@H](Cc3ccc4ccccc4c3)NC(=O)[C@H]21)C(C)(C)C. The van der Waals surface area contributed by atoms with Crippen LogP contribution in [-0.4, -0.2) is 203 Å². The monoisotopic (exact) mass is 1440 g/mol. The van der Waals surface area contributed by atoms with E-state index >= 15 is 24.0 Å². The number of fused-ring (bicyclic) bond motifs is 22. The number of hydrogen-bond acceptors (Lipinski definition) is 18. The molecule has 2 fully saturated rings. The number of carboxylic acids is 1. The molecule has 10 rings (SSSR count). The van der Waals surface area contributed by atoms with Crippen molar-refractivity contribution >= 4 is 80.6 Å². The Labute approximate surface area is 612 Å². The number of ether oxygens (including phenoxy) is 4. The van der Waals surface area contributed by atoms with E-state index in [9.17, 15) is 29.1 Å². The molecule has 7 amide bonds. The Kier molecular flexibility index (Phi) is 26.9. The number of carboxylic acid groups (broad SMARTS) is 1. The van der Waals surface area contributed by atoms with E-state index in [1.807, 2.05) is 84.9 Å². The molecule has 105 heavy (non-hydrogen) atoms. The Balaban J connectivity index is 1.06. The number of aliphatic carboxylic acids is 1. The molecule has 4 aliphatic rings. The number of methoxy groups -OCH3 is 1. The van der Waals surface area contributed by atoms with Crippen LogP contribution in [0.1, 0.15) is 103 Å². The minimum absolute atomic E-state index is 0.0140. The van der Waals surface area contributed by atoms with Gasteiger partial charge in [-0.3, -0.25) is 47.8 Å². The van der Waals surface area contributed by atoms with E-state index in [0.717, 1.165) is 21.5 Å². The molecule has 0 spiro atoms. The number of esters is 1. The number of aryl methyl sites for hydroxylation is 1. The first-order valence-corrected chi connectivity index (χ1v) is 35.8. The van der Waals surface area contributed by atoms with Gasteiger partial charge >= 0.3 is 11.9 Å². The zero-order valence-corrected chi connectivity index (χ0v) is 61.6. The molecular formula is C78H100N12O15. The number of nitrogens with zero attached hydrogens (tertiary/aromatic N) is 5. The second-order valence-electron chi connectivity index (χ2n) is 29.5. The molecule has 5 aromatic carbocycles. The van der Waals surface area contributed by atoms with Crippen LogP contribution in [0.25, 0.3) is 21.5 Å². The number of hydrogen-bond donors (Lipinski definition) is 8. The first-order valence-electron chi connectivity index (χ1n) is 35.8. The number of amides is 7. The Bertz CT molecular complexity index is 4130. The third-order valence-corrected chi connectivity index (χ3v) is 19.7. The van der Waals surface area contributed by atoms with E-state index in [0.29, 0.717) is 22.4 Å². The van der Waals surface area contributed by atoms with Crippen LogP contribution in [0.5, 0.6) is 5.75 Å². The van der Waals surface area contributed by atoms with E-state index in [1.165, 1.54) is 21.6 Å². The molecule has 4 aliphatic heterocycles. The highest BCUT2D eigenvalue weighted by Gasteiger charge is 2.50. The first kappa shape index (κ1) is 79.2. The minimum Gasteiger partial charge on any atom is -0.490 e. The number of aromatic nitrogens is 3. The normalized spacial score (nSPS) is 22.7. The molecule has 4 bridgehead atoms. The van der Waals surface area contributed by atoms with Crippen LogP contribution in [0.3, 0.4) is 0 Å². The smallest absolute Gasteiger partial charge is 0.328 e. The number of rotatable bonds is 14. The summed E-state index contributed by atoms with van der Waals surface area (Å²) in [6, 6.07) is 22.9. The van der Waals surface area contributed by atoms with Crippen molar-refractivity contribution in [3.63, 3.8) is 0 Å². The molecule has 1 aromatic heterocycles. The van der Waals surface area contributed by atoms with Gasteiger partial charge in [-0.05, 0) is 127 Å². The molecule has 0 saturated carbocycles. The lowest BCUT2D eigenvalue weighted by Crippen LogP contribution is -2.62. The van der Waals surface area contributed by atoms with Crippen LogP contribution in [0.4, 0.5) is 0 Å². The summed E-state index contributed by atoms with van der Waals surface area (Å²) in [7, 11) is 4.40. The van der Waals surface area contributed by atoms with Gasteiger partial charge in [0.05, 0.1) is 62.8 Å². The molecule has 8 N–H and O–H groups in total. The highest BCUT2D eigenvalue weighted by Crippen LogP contribution is 2.32. The molecule has 12 atom stereocenters. The van der Waals surface area contributed by atoms with E-state index in [2.05, 4.69) is 47.5 Å². The zero-order chi connectivity index (χ0) is 75.9. The predicted octanol–water partition coefficient (Wildman–Crippen LogP) is 4.69. The molecule has 0 radical (unpaired) electrons. The number of benzene rings is 5. The van der Waals surface area contributed by atoms with E-state index in [-0.39, 0.29) is 83.7 Å². The average molecular weight is 1450 g/mol. The van der Waals surface area contributed by atoms with Crippen molar-refractivity contribution in [1.82, 2.24) is 62.0 Å². The summed E-state index contributed by atoms with van der Waals surface area (Å²) in [5, 5.41) is 43.4. The Morgan fingerprint density at radius 3 is 1.63 bits per heavy atom. The van der Waals surface area contributed by atoms with Gasteiger partial charge in [-0.25, -0.2) is 4.79 Å². The fourth-order valence-corrected chi connectivity index (χ4v) is 13.3. The van der Waals surface area contributed by atoms with Crippen molar-refractivity contribution in [2.75, 3.05) is 47.5 Å². The summed E-state index contributed by atoms with van der Waals surface area (Å²) in [5.41, 5.74) is 0.442. The highest BCUT2D eigenvalue weighted by atomic mass is 16.5. The number of likely N-dealkylation sites (tertiary alicyclic amines) is 2. The van der Waals surface area contributed by atoms with E-state index in [1.54, 1.807) is 112 Å². The number of carbonyl (C=O) groups is 10. The van der Waals surface area contributed by atoms with Crippen molar-refractivity contribution < 1.29 is 72.0 Å². The van der Waals surface area contributed by atoms with Gasteiger partial charge < -0.3 is 71.1 Å². The van der Waals surface area contributed by atoms with Gasteiger partial charge in [0, 0.05) is 32.5 Å². The van der Waals surface area contributed by atoms with Crippen LogP contribution >= 0.6 is 0 Å². The molecule has 0 unspecified atom stereocenters. The molecule has 6 aromatic rings. The van der Waals surface area contributed by atoms with Gasteiger partial charge in [0.25, 0.3) is 0 Å². The molecular weight excluding hydrogens is 1340 g/mol. The third kappa shape index (κ3) is 20.7. The highest BCUT2D eigenvalue weighted by molar-refractivity contribution is 5.99. The maximum Gasteiger partial charge on any atom is 0.328 e. The second-order valence-corrected chi connectivity index (χ2v) is 29.5. The number of carbonyl (C=O) groups excluding carboxylic acids is 9. The lowest BCUT2D eigenvalue weighted by molar-refractivity contribution is -0.147. The predicted molar refractivity (Wildman–Crippen MR) is 392 cm³/mol. The van der Waals surface area contributed by atoms with Crippen LogP contribution in [0.15, 0.2) is 128 Å². The average Bonchev–Trinajstić information content (AvgIpc) is 1.70. The summed E-state index contributed by atoms with van der Waals surface area (Å²) in [6.07, 6.45) is 2.49. The summed E-state index contributed by atoms with van der Waals surface area (Å²) < 4.78 is 25.7. The van der Waals surface area contributed by atoms with Crippen molar-refractivity contribution in [2.24, 2.45) is 16.7 Å². The van der Waals surface area contributed by atoms with Crippen LogP contribution < -0.4 is 42.0 Å². The van der Waals surface area contributed by atoms with Gasteiger partial charge in [0.1, 0.15) is 54.3 Å². The Morgan fingerprint density at radius 1 is 0.610 bits per heavy atom. The fraction of sp³-hybridized carbons (Fsp3) is 0.487. The van der Waals surface area contributed by atoms with Crippen molar-refractivity contribution in [2.45, 2.75) is 180 Å². The topological polar surface area (TPSA) is 349 Å². The van der Waals surface area contributed by atoms with E-state index < -0.39 is 149 Å². The lowest BCUT2D eigenvalue weighted by Gasteiger charge is -2.37. The zero-order valence-electron chi connectivity index (χ0n) is 61.6. The van der Waals surface area contributed by atoms with Crippen LogP contribution in [-0.2, 0) is 94.6 Å². The van der Waals surface area contributed by atoms with Gasteiger partial charge in [-0.15, -0.1) is 5.10 Å². The Hall–Kier alpha value is -9.96. The van der Waals surface area contributed by atoms with Gasteiger partial charge in [0.2, 0.25) is 41.4 Å². The fourth-order valence-electron chi connectivity index (χ4n) is 13.3. The molecule has 0 aliphatic carbocycles. The van der Waals surface area contributed by atoms with Gasteiger partial charge in [-0.1, -0.05) is 150 Å². The largest absolute Gasteiger partial charge is 0.490 e. The maximum absolute atomic E-state index is 15.4. The summed E-state index contributed by atoms with van der Waals surface area (Å²) in [5.74, 6) is -7.74. The van der Waals surface area contributed by atoms with Crippen LogP contribution in [0.2, 0.25) is 0 Å². The maximum atomic E-state index is 15.4. The summed E-state index contributed by atoms with van der Waals surface area (Å²) >= 11 is 0. The van der Waals surface area contributed by atoms with Gasteiger partial charge in [0.15, 0.2) is 5.78 Å². The van der Waals surface area contributed by atoms with Crippen LogP contribution in [0, 0.1) is 16.7 Å². The standard InChI is InChI=1S/C78H100N12O15/c1-46(79-9)68(92)84-66(77(3,4)5)73(97)89-34-31-62-64(89)72(96)83-60(42-50-23-27-52-19-13-15-21-54(52)40-50)70(94)81-58(76(101)102-11)30-33-88-44-56(86-87-88)45-105-63-32-35-90(74(98)67(78(6,7)8)85-69(93)47(2)80-10)65(63)71(95)82-59(41-49-22-26-51-18-12-14-20-53(51)39-49)61(91)43-55(75(99)100)38-48-24-28-57(29-25-48)103-36-16-17-37-104-62/h12-29,39-40,44,46-47,55,58-60,62-67,79-80H,30-38,41-43,45H2,1-11H3,(H,81,94)(H,82,95)(H,83,96)(H,84,92)(H,85,93)(H,99,100)/t46-,47-,55+,58-,59-,60-,62+,63+,64-,65-,66+,67+/m0/s1. The number of ketones is 1. The van der Waals surface area contributed by atoms with E-state index in [4.69, 9.17) is 18.9 Å². The van der Waals surface area contributed by atoms with Crippen molar-refractivity contribution in [3.05, 3.63) is 150 Å². The summed E-state index contributed by atoms with van der Waals surface area (Å²) in [6.45, 7) is 13.8. The number of likely N-dealkylation sites (N-methyl/N-ethyl adjacent to an activating group) is 2. The molecule has 27 heteroatoms. The second kappa shape index (κ2) is 35.7. The van der Waals surface area contributed by atoms with Crippen molar-refractivity contribution in [1.29, 1.82) is 0 Å². The van der Waals surface area contributed by atoms with Crippen molar-refractivity contribution in [3.8, 4) is 5.75 Å². The molecule has 2 saturated heterocycles.